The number of hydrogen-bond donors (Lipinski definition) is 4. The fourth-order valence-corrected chi connectivity index (χ4v) is 2.54. The first kappa shape index (κ1) is 20.8. The summed E-state index contributed by atoms with van der Waals surface area (Å²) >= 11 is 6.23. The van der Waals surface area contributed by atoms with Crippen LogP contribution in [0.5, 0.6) is 5.75 Å². The summed E-state index contributed by atoms with van der Waals surface area (Å²) in [5, 5.41) is 12.3. The Morgan fingerprint density at radius 1 is 1.20 bits per heavy atom. The van der Waals surface area contributed by atoms with Crippen LogP contribution in [-0.2, 0) is 11.4 Å². The van der Waals surface area contributed by atoms with Crippen LogP contribution in [0.1, 0.15) is 11.1 Å². The van der Waals surface area contributed by atoms with E-state index in [4.69, 9.17) is 16.3 Å². The number of halogens is 1. The predicted octanol–water partition coefficient (Wildman–Crippen LogP) is 1.25. The Labute approximate surface area is 174 Å². The summed E-state index contributed by atoms with van der Waals surface area (Å²) in [6.07, 6.45) is 1.41. The Morgan fingerprint density at radius 3 is 2.73 bits per heavy atom. The normalized spacial score (nSPS) is 10.7. The van der Waals surface area contributed by atoms with Gasteiger partial charge in [0.1, 0.15) is 12.4 Å². The summed E-state index contributed by atoms with van der Waals surface area (Å²) in [5.74, 6) is -0.177. The van der Waals surface area contributed by atoms with Gasteiger partial charge in [0.05, 0.1) is 17.8 Å². The maximum Gasteiger partial charge on any atom is 0.342 e. The number of benzene rings is 2. The number of nitrogens with zero attached hydrogens (tertiary/aromatic N) is 2. The summed E-state index contributed by atoms with van der Waals surface area (Å²) < 4.78 is 5.70. The van der Waals surface area contributed by atoms with Crippen molar-refractivity contribution in [2.24, 2.45) is 5.10 Å². The monoisotopic (exact) mass is 428 g/mol. The molecule has 0 unspecified atom stereocenters. The van der Waals surface area contributed by atoms with Crippen molar-refractivity contribution in [3.05, 3.63) is 85.5 Å². The maximum absolute atomic E-state index is 11.8. The molecule has 1 aromatic heterocycles. The number of rotatable bonds is 8. The van der Waals surface area contributed by atoms with E-state index in [0.29, 0.717) is 22.9 Å². The smallest absolute Gasteiger partial charge is 0.342 e. The molecule has 0 saturated heterocycles. The Balaban J connectivity index is 1.49. The third-order valence-corrected chi connectivity index (χ3v) is 4.02. The van der Waals surface area contributed by atoms with Crippen LogP contribution in [0, 0.1) is 0 Å². The van der Waals surface area contributed by atoms with E-state index in [1.807, 2.05) is 40.4 Å². The van der Waals surface area contributed by atoms with Gasteiger partial charge in [0, 0.05) is 0 Å². The number of amides is 1. The van der Waals surface area contributed by atoms with Crippen molar-refractivity contribution in [2.75, 3.05) is 11.9 Å². The lowest BCUT2D eigenvalue weighted by Crippen LogP contribution is -2.31. The highest BCUT2D eigenvalue weighted by molar-refractivity contribution is 6.32. The number of H-pyrrole nitrogens is 2. The molecule has 0 aliphatic heterocycles. The van der Waals surface area contributed by atoms with Crippen molar-refractivity contribution in [1.29, 1.82) is 0 Å². The van der Waals surface area contributed by atoms with E-state index in [1.165, 1.54) is 6.21 Å². The van der Waals surface area contributed by atoms with E-state index in [-0.39, 0.29) is 12.4 Å². The van der Waals surface area contributed by atoms with Gasteiger partial charge in [0.15, 0.2) is 0 Å². The van der Waals surface area contributed by atoms with Gasteiger partial charge in [0.25, 0.3) is 11.5 Å². The molecular weight excluding hydrogens is 412 g/mol. The van der Waals surface area contributed by atoms with Gasteiger partial charge < -0.3 is 10.1 Å². The molecule has 0 saturated carbocycles. The number of ether oxygens (including phenoxy) is 1. The lowest BCUT2D eigenvalue weighted by atomic mass is 10.2. The summed E-state index contributed by atoms with van der Waals surface area (Å²) in [4.78, 5) is 36.1. The van der Waals surface area contributed by atoms with Crippen molar-refractivity contribution in [3.8, 4) is 5.75 Å². The van der Waals surface area contributed by atoms with Gasteiger partial charge >= 0.3 is 5.69 Å². The zero-order chi connectivity index (χ0) is 21.3. The second kappa shape index (κ2) is 10.0. The molecule has 0 spiro atoms. The highest BCUT2D eigenvalue weighted by Crippen LogP contribution is 2.25. The average Bonchev–Trinajstić information content (AvgIpc) is 2.73. The van der Waals surface area contributed by atoms with Crippen LogP contribution in [-0.4, -0.2) is 33.8 Å². The molecule has 30 heavy (non-hydrogen) atoms. The zero-order valence-electron chi connectivity index (χ0n) is 15.5. The number of aromatic nitrogens is 3. The Kier molecular flexibility index (Phi) is 6.95. The Bertz CT molecular complexity index is 1160. The Hall–Kier alpha value is -3.92. The molecule has 2 aromatic carbocycles. The van der Waals surface area contributed by atoms with Crippen LogP contribution in [0.25, 0.3) is 0 Å². The molecule has 10 nitrogen and oxygen atoms in total. The minimum atomic E-state index is -0.741. The first-order chi connectivity index (χ1) is 14.5. The van der Waals surface area contributed by atoms with Gasteiger partial charge in [-0.15, -0.1) is 5.10 Å². The predicted molar refractivity (Wildman–Crippen MR) is 112 cm³/mol. The van der Waals surface area contributed by atoms with Gasteiger partial charge in [-0.2, -0.15) is 5.10 Å². The molecule has 154 valence electrons. The maximum atomic E-state index is 11.8. The number of carbonyl (C=O) groups is 1. The van der Waals surface area contributed by atoms with E-state index < -0.39 is 17.2 Å². The van der Waals surface area contributed by atoms with Crippen molar-refractivity contribution >= 4 is 29.5 Å². The van der Waals surface area contributed by atoms with Crippen LogP contribution >= 0.6 is 11.6 Å². The van der Waals surface area contributed by atoms with E-state index in [9.17, 15) is 14.4 Å². The summed E-state index contributed by atoms with van der Waals surface area (Å²) in [6, 6.07) is 14.8. The molecule has 0 bridgehead atoms. The van der Waals surface area contributed by atoms with Gasteiger partial charge in [-0.1, -0.05) is 41.9 Å². The summed E-state index contributed by atoms with van der Waals surface area (Å²) in [6.45, 7) is 0.122. The van der Waals surface area contributed by atoms with E-state index >= 15 is 0 Å². The van der Waals surface area contributed by atoms with Gasteiger partial charge in [-0.3, -0.25) is 14.6 Å². The van der Waals surface area contributed by atoms with Crippen LogP contribution < -0.4 is 26.7 Å². The van der Waals surface area contributed by atoms with Gasteiger partial charge in [-0.25, -0.2) is 15.3 Å². The third kappa shape index (κ3) is 6.04. The number of anilines is 1. The number of nitrogens with one attached hydrogen (secondary N) is 4. The zero-order valence-corrected chi connectivity index (χ0v) is 16.3. The molecule has 1 amide bonds. The van der Waals surface area contributed by atoms with Crippen LogP contribution in [0.3, 0.4) is 0 Å². The number of hydrazone groups is 1. The first-order valence-electron chi connectivity index (χ1n) is 8.72. The van der Waals surface area contributed by atoms with E-state index in [2.05, 4.69) is 20.9 Å². The minimum absolute atomic E-state index is 0.188. The van der Waals surface area contributed by atoms with Crippen molar-refractivity contribution < 1.29 is 9.53 Å². The minimum Gasteiger partial charge on any atom is -0.487 e. The molecule has 0 aliphatic carbocycles. The molecule has 3 aromatic rings. The second-order valence-corrected chi connectivity index (χ2v) is 6.37. The first-order valence-corrected chi connectivity index (χ1v) is 9.10. The molecule has 3 rings (SSSR count). The average molecular weight is 429 g/mol. The number of aromatic amines is 2. The highest BCUT2D eigenvalue weighted by Gasteiger charge is 2.05. The SMILES string of the molecule is O=C(CNc1n[nH]c(=O)[nH]c1=O)N/N=C/c1ccc(OCc2ccccc2)c(Cl)c1. The molecule has 0 aliphatic rings. The van der Waals surface area contributed by atoms with Crippen LogP contribution in [0.15, 0.2) is 63.2 Å². The third-order valence-electron chi connectivity index (χ3n) is 3.72. The van der Waals surface area contributed by atoms with Crippen LogP contribution in [0.2, 0.25) is 5.02 Å². The molecule has 0 atom stereocenters. The lowest BCUT2D eigenvalue weighted by molar-refractivity contribution is -0.119. The Morgan fingerprint density at radius 2 is 2.00 bits per heavy atom. The number of hydrogen-bond acceptors (Lipinski definition) is 7. The largest absolute Gasteiger partial charge is 0.487 e. The van der Waals surface area contributed by atoms with Crippen molar-refractivity contribution in [1.82, 2.24) is 20.6 Å². The highest BCUT2D eigenvalue weighted by atomic mass is 35.5. The molecule has 1 heterocycles. The van der Waals surface area contributed by atoms with E-state index in [0.717, 1.165) is 5.56 Å². The van der Waals surface area contributed by atoms with Gasteiger partial charge in [0.2, 0.25) is 5.82 Å². The summed E-state index contributed by atoms with van der Waals surface area (Å²) in [7, 11) is 0. The fourth-order valence-electron chi connectivity index (χ4n) is 2.30. The van der Waals surface area contributed by atoms with Crippen LogP contribution in [0.4, 0.5) is 5.82 Å². The summed E-state index contributed by atoms with van der Waals surface area (Å²) in [5.41, 5.74) is 2.49. The topological polar surface area (TPSA) is 141 Å². The molecule has 11 heteroatoms. The number of carbonyl (C=O) groups excluding carboxylic acids is 1. The second-order valence-electron chi connectivity index (χ2n) is 5.97. The van der Waals surface area contributed by atoms with Crippen molar-refractivity contribution in [2.45, 2.75) is 6.61 Å². The lowest BCUT2D eigenvalue weighted by Gasteiger charge is -2.08. The standard InChI is InChI=1S/C19H17ClN6O4/c20-14-8-13(6-7-15(14)30-11-12-4-2-1-3-5-12)9-22-24-16(27)10-21-17-18(28)23-19(29)26-25-17/h1-9H,10-11H2,(H,21,25)(H,24,27)(H2,23,26,28,29)/b22-9+. The molecule has 0 fully saturated rings. The van der Waals surface area contributed by atoms with Crippen molar-refractivity contribution in [3.63, 3.8) is 0 Å². The van der Waals surface area contributed by atoms with E-state index in [1.54, 1.807) is 18.2 Å². The molecule has 4 N–H and O–H groups in total. The molecular formula is C19H17ClN6O4. The quantitative estimate of drug-likeness (QED) is 0.314. The van der Waals surface area contributed by atoms with Gasteiger partial charge in [-0.05, 0) is 29.3 Å². The molecule has 0 radical (unpaired) electrons. The fraction of sp³-hybridized carbons (Fsp3) is 0.105.